The van der Waals surface area contributed by atoms with E-state index in [0.29, 0.717) is 17.1 Å². The van der Waals surface area contributed by atoms with Gasteiger partial charge in [-0.1, -0.05) is 0 Å². The van der Waals surface area contributed by atoms with Gasteiger partial charge in [0.25, 0.3) is 0 Å². The third-order valence-corrected chi connectivity index (χ3v) is 2.30. The van der Waals surface area contributed by atoms with E-state index in [9.17, 15) is 9.18 Å². The molecule has 0 saturated heterocycles. The molecule has 0 aliphatic heterocycles. The summed E-state index contributed by atoms with van der Waals surface area (Å²) in [5.41, 5.74) is 1.93. The van der Waals surface area contributed by atoms with Crippen LogP contribution in [0.5, 0.6) is 0 Å². The maximum Gasteiger partial charge on any atom is 0.221 e. The van der Waals surface area contributed by atoms with Crippen LogP contribution in [0.3, 0.4) is 0 Å². The Morgan fingerprint density at radius 3 is 1.89 bits per heavy atom. The Morgan fingerprint density at radius 2 is 1.42 bits per heavy atom. The van der Waals surface area contributed by atoms with Gasteiger partial charge in [-0.15, -0.1) is 0 Å². The number of benzene rings is 2. The highest BCUT2D eigenvalue weighted by Crippen LogP contribution is 2.20. The van der Waals surface area contributed by atoms with Gasteiger partial charge >= 0.3 is 0 Å². The zero-order chi connectivity index (χ0) is 13.7. The average Bonchev–Trinajstić information content (AvgIpc) is 2.39. The molecule has 0 unspecified atom stereocenters. The average molecular weight is 257 g/mol. The highest BCUT2D eigenvalue weighted by Gasteiger charge is 1.96. The molecule has 4 nitrogen and oxygen atoms in total. The van der Waals surface area contributed by atoms with Crippen LogP contribution in [0.4, 0.5) is 21.5 Å². The number of rotatable bonds is 3. The Kier molecular flexibility index (Phi) is 3.97. The van der Waals surface area contributed by atoms with Gasteiger partial charge in [0.15, 0.2) is 0 Å². The number of carbonyl (C=O) groups is 1. The van der Waals surface area contributed by atoms with Gasteiger partial charge < -0.3 is 5.32 Å². The highest BCUT2D eigenvalue weighted by molar-refractivity contribution is 5.88. The third-order valence-electron chi connectivity index (χ3n) is 2.30. The lowest BCUT2D eigenvalue weighted by Crippen LogP contribution is -2.04. The number of amides is 1. The maximum absolute atomic E-state index is 12.7. The van der Waals surface area contributed by atoms with Crippen molar-refractivity contribution < 1.29 is 9.18 Å². The summed E-state index contributed by atoms with van der Waals surface area (Å²) in [5, 5.41) is 10.7. The summed E-state index contributed by atoms with van der Waals surface area (Å²) in [5.74, 6) is -0.431. The van der Waals surface area contributed by atoms with Crippen molar-refractivity contribution in [2.24, 2.45) is 10.2 Å². The number of anilines is 1. The van der Waals surface area contributed by atoms with Crippen molar-refractivity contribution in [2.45, 2.75) is 6.92 Å². The zero-order valence-electron chi connectivity index (χ0n) is 10.3. The summed E-state index contributed by atoms with van der Waals surface area (Å²) in [4.78, 5) is 10.9. The highest BCUT2D eigenvalue weighted by atomic mass is 19.1. The summed E-state index contributed by atoms with van der Waals surface area (Å²) in [6.45, 7) is 1.45. The van der Waals surface area contributed by atoms with E-state index >= 15 is 0 Å². The first-order valence-corrected chi connectivity index (χ1v) is 5.68. The minimum absolute atomic E-state index is 0.124. The summed E-state index contributed by atoms with van der Waals surface area (Å²) in [7, 11) is 0. The van der Waals surface area contributed by atoms with Crippen molar-refractivity contribution in [3.05, 3.63) is 54.3 Å². The van der Waals surface area contributed by atoms with E-state index in [0.717, 1.165) is 0 Å². The lowest BCUT2D eigenvalue weighted by Gasteiger charge is -2.00. The lowest BCUT2D eigenvalue weighted by molar-refractivity contribution is -0.114. The van der Waals surface area contributed by atoms with Crippen molar-refractivity contribution in [3.63, 3.8) is 0 Å². The van der Waals surface area contributed by atoms with Gasteiger partial charge in [-0.25, -0.2) is 4.39 Å². The molecule has 96 valence electrons. The standard InChI is InChI=1S/C14H12FN3O/c1-10(19)16-12-6-8-14(9-7-12)18-17-13-4-2-11(15)3-5-13/h2-9H,1H3,(H,16,19). The van der Waals surface area contributed by atoms with E-state index in [1.165, 1.54) is 19.1 Å². The SMILES string of the molecule is CC(=O)Nc1ccc(N=Nc2ccc(F)cc2)cc1. The first-order chi connectivity index (χ1) is 9.13. The van der Waals surface area contributed by atoms with Gasteiger partial charge in [0.2, 0.25) is 5.91 Å². The van der Waals surface area contributed by atoms with E-state index < -0.39 is 0 Å². The quantitative estimate of drug-likeness (QED) is 0.823. The van der Waals surface area contributed by atoms with Gasteiger partial charge in [-0.2, -0.15) is 10.2 Å². The Hall–Kier alpha value is -2.56. The fraction of sp³-hybridized carbons (Fsp3) is 0.0714. The van der Waals surface area contributed by atoms with Crippen LogP contribution in [-0.4, -0.2) is 5.91 Å². The minimum Gasteiger partial charge on any atom is -0.326 e. The second-order valence-electron chi connectivity index (χ2n) is 3.90. The van der Waals surface area contributed by atoms with Crippen molar-refractivity contribution in [3.8, 4) is 0 Å². The molecule has 0 aliphatic rings. The largest absolute Gasteiger partial charge is 0.326 e. The fourth-order valence-electron chi connectivity index (χ4n) is 1.44. The Morgan fingerprint density at radius 1 is 0.947 bits per heavy atom. The van der Waals surface area contributed by atoms with Crippen molar-refractivity contribution >= 4 is 23.0 Å². The van der Waals surface area contributed by atoms with Crippen LogP contribution >= 0.6 is 0 Å². The van der Waals surface area contributed by atoms with Crippen molar-refractivity contribution in [1.29, 1.82) is 0 Å². The van der Waals surface area contributed by atoms with Crippen LogP contribution in [0.1, 0.15) is 6.92 Å². The second kappa shape index (κ2) is 5.86. The van der Waals surface area contributed by atoms with E-state index in [-0.39, 0.29) is 11.7 Å². The van der Waals surface area contributed by atoms with Crippen molar-refractivity contribution in [1.82, 2.24) is 0 Å². The van der Waals surface area contributed by atoms with Gasteiger partial charge in [0.1, 0.15) is 5.82 Å². The summed E-state index contributed by atoms with van der Waals surface area (Å²) >= 11 is 0. The predicted molar refractivity (Wildman–Crippen MR) is 71.3 cm³/mol. The van der Waals surface area contributed by atoms with E-state index in [4.69, 9.17) is 0 Å². The molecule has 0 atom stereocenters. The molecular weight excluding hydrogens is 245 g/mol. The van der Waals surface area contributed by atoms with Crippen LogP contribution < -0.4 is 5.32 Å². The summed E-state index contributed by atoms with van der Waals surface area (Å²) in [6, 6.07) is 12.7. The molecule has 2 aromatic rings. The molecule has 2 rings (SSSR count). The molecule has 0 aromatic heterocycles. The summed E-state index contributed by atoms with van der Waals surface area (Å²) < 4.78 is 12.7. The molecule has 0 spiro atoms. The van der Waals surface area contributed by atoms with Gasteiger partial charge in [0, 0.05) is 12.6 Å². The van der Waals surface area contributed by atoms with E-state index in [1.807, 2.05) is 0 Å². The normalized spacial score (nSPS) is 10.6. The van der Waals surface area contributed by atoms with Crippen LogP contribution in [0.2, 0.25) is 0 Å². The Balaban J connectivity index is 2.06. The first-order valence-electron chi connectivity index (χ1n) is 5.68. The first kappa shape index (κ1) is 12.9. The van der Waals surface area contributed by atoms with Crippen molar-refractivity contribution in [2.75, 3.05) is 5.32 Å². The van der Waals surface area contributed by atoms with Crippen LogP contribution in [0.25, 0.3) is 0 Å². The molecule has 0 radical (unpaired) electrons. The number of hydrogen-bond acceptors (Lipinski definition) is 3. The van der Waals surface area contributed by atoms with Gasteiger partial charge in [0.05, 0.1) is 11.4 Å². The molecule has 1 amide bonds. The zero-order valence-corrected chi connectivity index (χ0v) is 10.3. The Labute approximate surface area is 110 Å². The molecule has 0 bridgehead atoms. The fourth-order valence-corrected chi connectivity index (χ4v) is 1.44. The third kappa shape index (κ3) is 3.99. The van der Waals surface area contributed by atoms with E-state index in [2.05, 4.69) is 15.5 Å². The van der Waals surface area contributed by atoms with Crippen LogP contribution in [0.15, 0.2) is 58.8 Å². The number of hydrogen-bond donors (Lipinski definition) is 1. The molecule has 1 N–H and O–H groups in total. The van der Waals surface area contributed by atoms with Crippen LogP contribution in [0, 0.1) is 5.82 Å². The summed E-state index contributed by atoms with van der Waals surface area (Å²) in [6.07, 6.45) is 0. The molecule has 5 heteroatoms. The smallest absolute Gasteiger partial charge is 0.221 e. The molecule has 0 heterocycles. The molecule has 0 aliphatic carbocycles. The van der Waals surface area contributed by atoms with Crippen LogP contribution in [-0.2, 0) is 4.79 Å². The lowest BCUT2D eigenvalue weighted by atomic mass is 10.3. The predicted octanol–water partition coefficient (Wildman–Crippen LogP) is 4.20. The van der Waals surface area contributed by atoms with Gasteiger partial charge in [-0.3, -0.25) is 4.79 Å². The molecule has 19 heavy (non-hydrogen) atoms. The number of nitrogens with zero attached hydrogens (tertiary/aromatic N) is 2. The minimum atomic E-state index is -0.307. The second-order valence-corrected chi connectivity index (χ2v) is 3.90. The topological polar surface area (TPSA) is 53.8 Å². The number of carbonyl (C=O) groups excluding carboxylic acids is 1. The molecule has 0 saturated carbocycles. The Bertz CT molecular complexity index is 591. The molecule has 2 aromatic carbocycles. The monoisotopic (exact) mass is 257 g/mol. The molecular formula is C14H12FN3O. The maximum atomic E-state index is 12.7. The number of halogens is 1. The number of azo groups is 1. The number of nitrogens with one attached hydrogen (secondary N) is 1. The van der Waals surface area contributed by atoms with Gasteiger partial charge in [-0.05, 0) is 48.5 Å². The molecule has 0 fully saturated rings. The van der Waals surface area contributed by atoms with E-state index in [1.54, 1.807) is 36.4 Å².